The van der Waals surface area contributed by atoms with Crippen molar-refractivity contribution in [1.29, 1.82) is 0 Å². The van der Waals surface area contributed by atoms with Crippen LogP contribution in [0.3, 0.4) is 0 Å². The first kappa shape index (κ1) is 9.75. The van der Waals surface area contributed by atoms with E-state index in [-0.39, 0.29) is 0 Å². The molecule has 1 heteroatoms. The molecule has 13 heavy (non-hydrogen) atoms. The molecular formula is C12H15N. The number of rotatable bonds is 4. The molecule has 68 valence electrons. The zero-order valence-corrected chi connectivity index (χ0v) is 8.01. The lowest BCUT2D eigenvalue weighted by Gasteiger charge is -2.08. The molecule has 1 N–H and O–H groups in total. The maximum Gasteiger partial charge on any atom is 0.0208 e. The topological polar surface area (TPSA) is 12.0 Å². The molecule has 0 amide bonds. The van der Waals surface area contributed by atoms with Gasteiger partial charge in [0.15, 0.2) is 0 Å². The molecule has 0 unspecified atom stereocenters. The molecule has 0 saturated carbocycles. The van der Waals surface area contributed by atoms with Gasteiger partial charge < -0.3 is 5.32 Å². The van der Waals surface area contributed by atoms with Crippen molar-refractivity contribution >= 4 is 12.2 Å². The molecule has 0 radical (unpaired) electrons. The van der Waals surface area contributed by atoms with Crippen LogP contribution in [0.1, 0.15) is 16.7 Å². The Morgan fingerprint density at radius 2 is 2.08 bits per heavy atom. The van der Waals surface area contributed by atoms with Crippen molar-refractivity contribution in [1.82, 2.24) is 5.32 Å². The van der Waals surface area contributed by atoms with Gasteiger partial charge in [0.25, 0.3) is 0 Å². The van der Waals surface area contributed by atoms with Gasteiger partial charge in [0.05, 0.1) is 0 Å². The second-order valence-corrected chi connectivity index (χ2v) is 2.86. The first-order valence-electron chi connectivity index (χ1n) is 4.34. The van der Waals surface area contributed by atoms with E-state index in [2.05, 4.69) is 24.5 Å². The second-order valence-electron chi connectivity index (χ2n) is 2.86. The molecule has 0 spiro atoms. The molecule has 0 aliphatic carbocycles. The summed E-state index contributed by atoms with van der Waals surface area (Å²) >= 11 is 0. The minimum atomic E-state index is 0.864. The predicted octanol–water partition coefficient (Wildman–Crippen LogP) is 2.69. The molecule has 1 aromatic carbocycles. The van der Waals surface area contributed by atoms with Gasteiger partial charge in [-0.05, 0) is 23.7 Å². The number of hydrogen-bond acceptors (Lipinski definition) is 1. The summed E-state index contributed by atoms with van der Waals surface area (Å²) in [6, 6.07) is 6.18. The number of benzene rings is 1. The Kier molecular flexibility index (Phi) is 3.47. The van der Waals surface area contributed by atoms with Gasteiger partial charge in [-0.1, -0.05) is 43.5 Å². The van der Waals surface area contributed by atoms with E-state index in [1.807, 2.05) is 31.3 Å². The van der Waals surface area contributed by atoms with Gasteiger partial charge in [0.1, 0.15) is 0 Å². The molecule has 0 aromatic heterocycles. The molecule has 0 aliphatic heterocycles. The first-order chi connectivity index (χ1) is 6.33. The van der Waals surface area contributed by atoms with Crippen LogP contribution in [-0.2, 0) is 6.54 Å². The van der Waals surface area contributed by atoms with Crippen LogP contribution in [0.25, 0.3) is 12.2 Å². The maximum atomic E-state index is 3.81. The minimum Gasteiger partial charge on any atom is -0.316 e. The zero-order valence-electron chi connectivity index (χ0n) is 8.01. The molecule has 0 saturated heterocycles. The highest BCUT2D eigenvalue weighted by Crippen LogP contribution is 2.17. The smallest absolute Gasteiger partial charge is 0.0208 e. The van der Waals surface area contributed by atoms with E-state index in [1.54, 1.807) is 0 Å². The highest BCUT2D eigenvalue weighted by molar-refractivity contribution is 5.66. The number of hydrogen-bond donors (Lipinski definition) is 1. The summed E-state index contributed by atoms with van der Waals surface area (Å²) in [4.78, 5) is 0. The van der Waals surface area contributed by atoms with E-state index < -0.39 is 0 Å². The van der Waals surface area contributed by atoms with Crippen LogP contribution in [-0.4, -0.2) is 7.05 Å². The van der Waals surface area contributed by atoms with Crippen molar-refractivity contribution in [2.45, 2.75) is 6.54 Å². The Hall–Kier alpha value is -1.34. The molecular weight excluding hydrogens is 158 g/mol. The lowest BCUT2D eigenvalue weighted by molar-refractivity contribution is 0.816. The summed E-state index contributed by atoms with van der Waals surface area (Å²) in [6.07, 6.45) is 3.74. The monoisotopic (exact) mass is 173 g/mol. The van der Waals surface area contributed by atoms with Crippen molar-refractivity contribution in [3.8, 4) is 0 Å². The fourth-order valence-corrected chi connectivity index (χ4v) is 1.40. The van der Waals surface area contributed by atoms with Crippen LogP contribution >= 0.6 is 0 Å². The molecule has 0 fully saturated rings. The standard InChI is InChI=1S/C12H15N/c1-4-10-7-6-8-11(9-13-3)12(10)5-2/h4-8,13H,1-2,9H2,3H3. The number of nitrogens with one attached hydrogen (secondary N) is 1. The van der Waals surface area contributed by atoms with Crippen molar-refractivity contribution in [2.24, 2.45) is 0 Å². The van der Waals surface area contributed by atoms with E-state index in [1.165, 1.54) is 11.1 Å². The van der Waals surface area contributed by atoms with Gasteiger partial charge >= 0.3 is 0 Å². The summed E-state index contributed by atoms with van der Waals surface area (Å²) in [6.45, 7) is 8.44. The Morgan fingerprint density at radius 3 is 2.62 bits per heavy atom. The van der Waals surface area contributed by atoms with Crippen LogP contribution in [0.2, 0.25) is 0 Å². The molecule has 0 heterocycles. The largest absolute Gasteiger partial charge is 0.316 e. The van der Waals surface area contributed by atoms with Gasteiger partial charge in [0.2, 0.25) is 0 Å². The van der Waals surface area contributed by atoms with Gasteiger partial charge in [0, 0.05) is 6.54 Å². The lowest BCUT2D eigenvalue weighted by Crippen LogP contribution is -2.06. The minimum absolute atomic E-state index is 0.864. The van der Waals surface area contributed by atoms with Crippen LogP contribution in [0, 0.1) is 0 Å². The molecule has 0 aliphatic rings. The average Bonchev–Trinajstić information content (AvgIpc) is 2.18. The molecule has 0 atom stereocenters. The molecule has 1 rings (SSSR count). The van der Waals surface area contributed by atoms with Crippen LogP contribution in [0.15, 0.2) is 31.4 Å². The van der Waals surface area contributed by atoms with Crippen molar-refractivity contribution in [3.63, 3.8) is 0 Å². The van der Waals surface area contributed by atoms with Crippen molar-refractivity contribution < 1.29 is 0 Å². The summed E-state index contributed by atoms with van der Waals surface area (Å²) in [7, 11) is 1.94. The van der Waals surface area contributed by atoms with Gasteiger partial charge in [-0.2, -0.15) is 0 Å². The lowest BCUT2D eigenvalue weighted by atomic mass is 10.0. The maximum absolute atomic E-state index is 3.81. The van der Waals surface area contributed by atoms with Gasteiger partial charge in [-0.3, -0.25) is 0 Å². The third kappa shape index (κ3) is 2.07. The first-order valence-corrected chi connectivity index (χ1v) is 4.34. The van der Waals surface area contributed by atoms with Crippen LogP contribution in [0.4, 0.5) is 0 Å². The van der Waals surface area contributed by atoms with Crippen LogP contribution in [0.5, 0.6) is 0 Å². The highest BCUT2D eigenvalue weighted by Gasteiger charge is 2.00. The summed E-state index contributed by atoms with van der Waals surface area (Å²) < 4.78 is 0. The summed E-state index contributed by atoms with van der Waals surface area (Å²) in [5.74, 6) is 0. The molecule has 0 bridgehead atoms. The van der Waals surface area contributed by atoms with E-state index >= 15 is 0 Å². The fraction of sp³-hybridized carbons (Fsp3) is 0.167. The highest BCUT2D eigenvalue weighted by atomic mass is 14.8. The molecule has 1 aromatic rings. The predicted molar refractivity (Wildman–Crippen MR) is 59.4 cm³/mol. The Labute approximate surface area is 79.8 Å². The SMILES string of the molecule is C=Cc1cccc(CNC)c1C=C. The molecule has 1 nitrogen and oxygen atoms in total. The van der Waals surface area contributed by atoms with Crippen LogP contribution < -0.4 is 5.32 Å². The second kappa shape index (κ2) is 4.63. The Morgan fingerprint density at radius 1 is 1.31 bits per heavy atom. The van der Waals surface area contributed by atoms with Gasteiger partial charge in [-0.25, -0.2) is 0 Å². The Balaban J connectivity index is 3.18. The van der Waals surface area contributed by atoms with E-state index in [0.29, 0.717) is 0 Å². The summed E-state index contributed by atoms with van der Waals surface area (Å²) in [5.41, 5.74) is 3.57. The van der Waals surface area contributed by atoms with E-state index in [9.17, 15) is 0 Å². The van der Waals surface area contributed by atoms with E-state index in [4.69, 9.17) is 0 Å². The Bertz CT molecular complexity index is 313. The van der Waals surface area contributed by atoms with Crippen molar-refractivity contribution in [2.75, 3.05) is 7.05 Å². The quantitative estimate of drug-likeness (QED) is 0.738. The summed E-state index contributed by atoms with van der Waals surface area (Å²) in [5, 5.41) is 3.13. The normalized spacial score (nSPS) is 9.62. The fourth-order valence-electron chi connectivity index (χ4n) is 1.40. The zero-order chi connectivity index (χ0) is 9.68. The third-order valence-electron chi connectivity index (χ3n) is 2.02. The van der Waals surface area contributed by atoms with Crippen molar-refractivity contribution in [3.05, 3.63) is 48.0 Å². The van der Waals surface area contributed by atoms with E-state index in [0.717, 1.165) is 12.1 Å². The van der Waals surface area contributed by atoms with Gasteiger partial charge in [-0.15, -0.1) is 0 Å². The average molecular weight is 173 g/mol. The third-order valence-corrected chi connectivity index (χ3v) is 2.02.